The number of carbonyl (C=O) groups is 1. The Balaban J connectivity index is 1.88. The summed E-state index contributed by atoms with van der Waals surface area (Å²) in [7, 11) is 0. The van der Waals surface area contributed by atoms with Crippen LogP contribution >= 0.6 is 31.9 Å². The summed E-state index contributed by atoms with van der Waals surface area (Å²) in [6.45, 7) is 0.542. The van der Waals surface area contributed by atoms with Crippen LogP contribution in [0.25, 0.3) is 0 Å². The molecule has 0 amide bonds. The number of hydrogen-bond acceptors (Lipinski definition) is 3. The van der Waals surface area contributed by atoms with Gasteiger partial charge in [0.2, 0.25) is 0 Å². The number of hydrogen-bond donors (Lipinski definition) is 0. The van der Waals surface area contributed by atoms with Crippen molar-refractivity contribution in [1.29, 1.82) is 0 Å². The number of Topliss-reactive ketones (excluding diaryl/α,β-unsaturated/α-hetero) is 1. The fraction of sp³-hybridized carbons (Fsp3) is 0.235. The van der Waals surface area contributed by atoms with Gasteiger partial charge in [0.15, 0.2) is 5.78 Å². The molecule has 0 fully saturated rings. The molecule has 0 N–H and O–H groups in total. The molecule has 0 aliphatic carbocycles. The Morgan fingerprint density at radius 3 is 2.73 bits per heavy atom. The quantitative estimate of drug-likeness (QED) is 0.706. The fourth-order valence-corrected chi connectivity index (χ4v) is 3.79. The van der Waals surface area contributed by atoms with Crippen molar-refractivity contribution in [1.82, 2.24) is 0 Å². The van der Waals surface area contributed by atoms with E-state index in [1.807, 2.05) is 42.5 Å². The highest BCUT2D eigenvalue weighted by molar-refractivity contribution is 9.11. The van der Waals surface area contributed by atoms with Crippen molar-refractivity contribution in [2.24, 2.45) is 0 Å². The molecule has 2 aromatic carbocycles. The van der Waals surface area contributed by atoms with E-state index in [1.165, 1.54) is 0 Å². The first-order chi connectivity index (χ1) is 10.6. The predicted molar refractivity (Wildman–Crippen MR) is 90.9 cm³/mol. The maximum atomic E-state index is 11.9. The third kappa shape index (κ3) is 3.59. The third-order valence-corrected chi connectivity index (χ3v) is 4.52. The molecule has 2 aromatic rings. The zero-order valence-corrected chi connectivity index (χ0v) is 14.9. The van der Waals surface area contributed by atoms with Crippen LogP contribution in [0.4, 0.5) is 0 Å². The first-order valence-electron chi connectivity index (χ1n) is 6.92. The summed E-state index contributed by atoms with van der Waals surface area (Å²) in [6.07, 6.45) is 0.0157. The van der Waals surface area contributed by atoms with Gasteiger partial charge in [0.25, 0.3) is 0 Å². The van der Waals surface area contributed by atoms with Crippen LogP contribution in [-0.2, 0) is 16.1 Å². The van der Waals surface area contributed by atoms with Crippen LogP contribution in [-0.4, -0.2) is 12.4 Å². The van der Waals surface area contributed by atoms with Crippen molar-refractivity contribution in [3.63, 3.8) is 0 Å². The molecule has 0 radical (unpaired) electrons. The van der Waals surface area contributed by atoms with Gasteiger partial charge in [0.1, 0.15) is 12.4 Å². The van der Waals surface area contributed by atoms with Crippen LogP contribution in [0.15, 0.2) is 51.4 Å². The van der Waals surface area contributed by atoms with Gasteiger partial charge in [0, 0.05) is 16.5 Å². The Bertz CT molecular complexity index is 686. The van der Waals surface area contributed by atoms with E-state index in [2.05, 4.69) is 31.9 Å². The van der Waals surface area contributed by atoms with Crippen LogP contribution in [0, 0.1) is 0 Å². The largest absolute Gasteiger partial charge is 0.484 e. The van der Waals surface area contributed by atoms with Crippen molar-refractivity contribution in [2.45, 2.75) is 19.1 Å². The highest BCUT2D eigenvalue weighted by Crippen LogP contribution is 2.40. The summed E-state index contributed by atoms with van der Waals surface area (Å²) >= 11 is 6.97. The van der Waals surface area contributed by atoms with Crippen LogP contribution in [0.3, 0.4) is 0 Å². The highest BCUT2D eigenvalue weighted by Gasteiger charge is 2.27. The third-order valence-electron chi connectivity index (χ3n) is 3.47. The van der Waals surface area contributed by atoms with Crippen LogP contribution in [0.1, 0.15) is 23.7 Å². The van der Waals surface area contributed by atoms with E-state index in [-0.39, 0.29) is 18.5 Å². The predicted octanol–water partition coefficient (Wildman–Crippen LogP) is 4.82. The van der Waals surface area contributed by atoms with Crippen LogP contribution in [0.2, 0.25) is 0 Å². The molecule has 22 heavy (non-hydrogen) atoms. The maximum Gasteiger partial charge on any atom is 0.173 e. The number of ketones is 1. The van der Waals surface area contributed by atoms with Gasteiger partial charge in [-0.05, 0) is 33.6 Å². The molecule has 5 heteroatoms. The molecule has 0 aromatic heterocycles. The molecule has 1 aliphatic heterocycles. The van der Waals surface area contributed by atoms with E-state index in [4.69, 9.17) is 9.47 Å². The van der Waals surface area contributed by atoms with Crippen molar-refractivity contribution in [3.05, 3.63) is 62.5 Å². The summed E-state index contributed by atoms with van der Waals surface area (Å²) in [5, 5.41) is 0. The van der Waals surface area contributed by atoms with Gasteiger partial charge in [-0.2, -0.15) is 0 Å². The average molecular weight is 426 g/mol. The van der Waals surface area contributed by atoms with Gasteiger partial charge in [-0.15, -0.1) is 0 Å². The summed E-state index contributed by atoms with van der Waals surface area (Å²) in [5.41, 5.74) is 1.97. The molecule has 3 nitrogen and oxygen atoms in total. The molecule has 1 unspecified atom stereocenters. The highest BCUT2D eigenvalue weighted by atomic mass is 79.9. The lowest BCUT2D eigenvalue weighted by Crippen LogP contribution is -2.11. The Hall–Kier alpha value is -1.17. The molecule has 114 valence electrons. The first-order valence-corrected chi connectivity index (χ1v) is 8.51. The van der Waals surface area contributed by atoms with Gasteiger partial charge < -0.3 is 9.47 Å². The summed E-state index contributed by atoms with van der Waals surface area (Å²) in [6, 6.07) is 13.8. The molecule has 1 heterocycles. The lowest BCUT2D eigenvalue weighted by Gasteiger charge is -2.18. The van der Waals surface area contributed by atoms with Gasteiger partial charge in [0.05, 0.1) is 17.2 Å². The SMILES string of the molecule is O=C1COc2c(Br)cc(Br)cc2C(OCc2ccccc2)C1. The smallest absolute Gasteiger partial charge is 0.173 e. The van der Waals surface area contributed by atoms with Gasteiger partial charge in [-0.3, -0.25) is 4.79 Å². The fourth-order valence-electron chi connectivity index (χ4n) is 2.42. The molecule has 0 spiro atoms. The van der Waals surface area contributed by atoms with E-state index < -0.39 is 0 Å². The minimum atomic E-state index is -0.306. The Morgan fingerprint density at radius 2 is 1.95 bits per heavy atom. The van der Waals surface area contributed by atoms with E-state index in [0.29, 0.717) is 18.8 Å². The summed E-state index contributed by atoms with van der Waals surface area (Å²) < 4.78 is 13.4. The number of carbonyl (C=O) groups excluding carboxylic acids is 1. The molecule has 3 rings (SSSR count). The van der Waals surface area contributed by atoms with Crippen LogP contribution < -0.4 is 4.74 Å². The molecule has 0 saturated carbocycles. The Kier molecular flexibility index (Phi) is 4.96. The number of fused-ring (bicyclic) bond motifs is 1. The van der Waals surface area contributed by atoms with Crippen molar-refractivity contribution in [3.8, 4) is 5.75 Å². The molecule has 0 bridgehead atoms. The Labute approximate surface area is 145 Å². The average Bonchev–Trinajstić information content (AvgIpc) is 2.66. The second kappa shape index (κ2) is 6.94. The summed E-state index contributed by atoms with van der Waals surface area (Å²) in [4.78, 5) is 11.9. The van der Waals surface area contributed by atoms with Crippen molar-refractivity contribution < 1.29 is 14.3 Å². The number of ether oxygens (including phenoxy) is 2. The van der Waals surface area contributed by atoms with Gasteiger partial charge >= 0.3 is 0 Å². The minimum Gasteiger partial charge on any atom is -0.484 e. The first kappa shape index (κ1) is 15.7. The molecule has 1 atom stereocenters. The van der Waals surface area contributed by atoms with E-state index >= 15 is 0 Å². The molecule has 1 aliphatic rings. The van der Waals surface area contributed by atoms with E-state index in [0.717, 1.165) is 20.1 Å². The monoisotopic (exact) mass is 424 g/mol. The summed E-state index contributed by atoms with van der Waals surface area (Å²) in [5.74, 6) is 0.726. The van der Waals surface area contributed by atoms with Crippen molar-refractivity contribution >= 4 is 37.6 Å². The van der Waals surface area contributed by atoms with Crippen LogP contribution in [0.5, 0.6) is 5.75 Å². The maximum absolute atomic E-state index is 11.9. The number of halogens is 2. The molecular formula is C17H14Br2O3. The van der Waals surface area contributed by atoms with Gasteiger partial charge in [-0.1, -0.05) is 46.3 Å². The second-order valence-corrected chi connectivity index (χ2v) is 6.89. The van der Waals surface area contributed by atoms with E-state index in [9.17, 15) is 4.79 Å². The van der Waals surface area contributed by atoms with E-state index in [1.54, 1.807) is 0 Å². The standard InChI is InChI=1S/C17H14Br2O3/c18-12-6-14-16(21-9-11-4-2-1-3-5-11)8-13(20)10-22-17(14)15(19)7-12/h1-7,16H,8-10H2. The normalized spacial score (nSPS) is 17.5. The minimum absolute atomic E-state index is 0.0392. The van der Waals surface area contributed by atoms with Gasteiger partial charge in [-0.25, -0.2) is 0 Å². The lowest BCUT2D eigenvalue weighted by molar-refractivity contribution is -0.123. The molecule has 0 saturated heterocycles. The number of rotatable bonds is 3. The zero-order chi connectivity index (χ0) is 15.5. The second-order valence-electron chi connectivity index (χ2n) is 5.12. The number of benzene rings is 2. The van der Waals surface area contributed by atoms with Crippen molar-refractivity contribution in [2.75, 3.05) is 6.61 Å². The lowest BCUT2D eigenvalue weighted by atomic mass is 10.0. The topological polar surface area (TPSA) is 35.5 Å². The molecular weight excluding hydrogens is 412 g/mol. The Morgan fingerprint density at radius 1 is 1.18 bits per heavy atom. The zero-order valence-electron chi connectivity index (χ0n) is 11.7.